The lowest BCUT2D eigenvalue weighted by molar-refractivity contribution is -0.154. The fourth-order valence-corrected chi connectivity index (χ4v) is 2.25. The van der Waals surface area contributed by atoms with Crippen LogP contribution in [-0.2, 0) is 25.7 Å². The molecule has 0 spiro atoms. The monoisotopic (exact) mass is 334 g/mol. The Morgan fingerprint density at radius 3 is 2.54 bits per heavy atom. The van der Waals surface area contributed by atoms with Crippen LogP contribution in [0.2, 0.25) is 0 Å². The second-order valence-electron chi connectivity index (χ2n) is 6.54. The van der Waals surface area contributed by atoms with Crippen molar-refractivity contribution in [1.82, 2.24) is 10.4 Å². The standard InChI is InChI=1S/C17H22N2O5/c1-17(2,3)24-16(22)18-19-10-9-13(14(19)20)15(21)23-11-12-7-5-4-6-8-12/h4-8,13H,9-11H2,1-3H3,(H,18,22)/t13-/m0/s1. The second kappa shape index (κ2) is 7.33. The number of ether oxygens (including phenoxy) is 2. The van der Waals surface area contributed by atoms with Gasteiger partial charge >= 0.3 is 12.1 Å². The molecule has 0 unspecified atom stereocenters. The van der Waals surface area contributed by atoms with Crippen LogP contribution >= 0.6 is 0 Å². The zero-order valence-corrected chi connectivity index (χ0v) is 14.1. The van der Waals surface area contributed by atoms with Gasteiger partial charge in [0.2, 0.25) is 0 Å². The van der Waals surface area contributed by atoms with E-state index in [1.54, 1.807) is 20.8 Å². The highest BCUT2D eigenvalue weighted by atomic mass is 16.6. The number of esters is 1. The third kappa shape index (κ3) is 4.97. The number of carbonyl (C=O) groups excluding carboxylic acids is 3. The van der Waals surface area contributed by atoms with E-state index in [1.165, 1.54) is 0 Å². The molecule has 7 heteroatoms. The smallest absolute Gasteiger partial charge is 0.426 e. The van der Waals surface area contributed by atoms with E-state index in [0.717, 1.165) is 10.6 Å². The van der Waals surface area contributed by atoms with Gasteiger partial charge in [0.25, 0.3) is 5.91 Å². The molecular weight excluding hydrogens is 312 g/mol. The van der Waals surface area contributed by atoms with Crippen LogP contribution in [0.5, 0.6) is 0 Å². The maximum atomic E-state index is 12.2. The second-order valence-corrected chi connectivity index (χ2v) is 6.54. The van der Waals surface area contributed by atoms with E-state index in [1.807, 2.05) is 30.3 Å². The van der Waals surface area contributed by atoms with Crippen molar-refractivity contribution >= 4 is 18.0 Å². The Kier molecular flexibility index (Phi) is 5.43. The van der Waals surface area contributed by atoms with Crippen LogP contribution in [0.4, 0.5) is 4.79 Å². The Labute approximate surface area is 140 Å². The Morgan fingerprint density at radius 1 is 1.25 bits per heavy atom. The van der Waals surface area contributed by atoms with Crippen molar-refractivity contribution in [3.8, 4) is 0 Å². The van der Waals surface area contributed by atoms with Crippen LogP contribution in [0.15, 0.2) is 30.3 Å². The largest absolute Gasteiger partial charge is 0.460 e. The summed E-state index contributed by atoms with van der Waals surface area (Å²) in [4.78, 5) is 36.0. The molecule has 1 aliphatic rings. The Morgan fingerprint density at radius 2 is 1.92 bits per heavy atom. The summed E-state index contributed by atoms with van der Waals surface area (Å²) in [5.74, 6) is -1.97. The molecular formula is C17H22N2O5. The van der Waals surface area contributed by atoms with Gasteiger partial charge in [0.15, 0.2) is 0 Å². The molecule has 24 heavy (non-hydrogen) atoms. The third-order valence-electron chi connectivity index (χ3n) is 3.34. The summed E-state index contributed by atoms with van der Waals surface area (Å²) in [6, 6.07) is 9.22. The minimum atomic E-state index is -0.899. The van der Waals surface area contributed by atoms with Crippen LogP contribution in [0.3, 0.4) is 0 Å². The van der Waals surface area contributed by atoms with E-state index < -0.39 is 29.5 Å². The molecule has 0 aromatic heterocycles. The van der Waals surface area contributed by atoms with Crippen molar-refractivity contribution in [2.24, 2.45) is 5.92 Å². The fourth-order valence-electron chi connectivity index (χ4n) is 2.25. The number of benzene rings is 1. The molecule has 1 heterocycles. The van der Waals surface area contributed by atoms with Crippen LogP contribution in [-0.4, -0.2) is 35.1 Å². The van der Waals surface area contributed by atoms with Gasteiger partial charge in [0.1, 0.15) is 18.1 Å². The molecule has 1 N–H and O–H groups in total. The highest BCUT2D eigenvalue weighted by Crippen LogP contribution is 2.19. The predicted molar refractivity (Wildman–Crippen MR) is 85.4 cm³/mol. The van der Waals surface area contributed by atoms with E-state index >= 15 is 0 Å². The maximum Gasteiger partial charge on any atom is 0.426 e. The lowest BCUT2D eigenvalue weighted by Crippen LogP contribution is -2.46. The SMILES string of the molecule is CC(C)(C)OC(=O)NN1CC[C@H](C(=O)OCc2ccccc2)C1=O. The summed E-state index contributed by atoms with van der Waals surface area (Å²) in [7, 11) is 0. The van der Waals surface area contributed by atoms with Gasteiger partial charge in [-0.1, -0.05) is 30.3 Å². The molecule has 7 nitrogen and oxygen atoms in total. The Bertz CT molecular complexity index is 609. The third-order valence-corrected chi connectivity index (χ3v) is 3.34. The van der Waals surface area contributed by atoms with Crippen molar-refractivity contribution in [2.75, 3.05) is 6.54 Å². The summed E-state index contributed by atoms with van der Waals surface area (Å²) >= 11 is 0. The lowest BCUT2D eigenvalue weighted by atomic mass is 10.1. The van der Waals surface area contributed by atoms with Gasteiger partial charge in [0.05, 0.1) is 0 Å². The topological polar surface area (TPSA) is 84.9 Å². The molecule has 0 bridgehead atoms. The molecule has 1 aliphatic heterocycles. The minimum absolute atomic E-state index is 0.114. The average Bonchev–Trinajstić information content (AvgIpc) is 2.85. The van der Waals surface area contributed by atoms with E-state index in [4.69, 9.17) is 9.47 Å². The molecule has 1 saturated heterocycles. The summed E-state index contributed by atoms with van der Waals surface area (Å²) in [5, 5.41) is 1.10. The number of amides is 2. The molecule has 1 fully saturated rings. The first-order chi connectivity index (χ1) is 11.3. The molecule has 130 valence electrons. The first kappa shape index (κ1) is 17.8. The number of hydrogen-bond acceptors (Lipinski definition) is 5. The molecule has 1 aromatic rings. The molecule has 0 radical (unpaired) electrons. The number of nitrogens with one attached hydrogen (secondary N) is 1. The molecule has 0 aliphatic carbocycles. The zero-order chi connectivity index (χ0) is 17.7. The molecule has 0 saturated carbocycles. The van der Waals surface area contributed by atoms with Crippen LogP contribution in [0.1, 0.15) is 32.8 Å². The van der Waals surface area contributed by atoms with Crippen molar-refractivity contribution in [1.29, 1.82) is 0 Å². The Balaban J connectivity index is 1.84. The zero-order valence-electron chi connectivity index (χ0n) is 14.1. The van der Waals surface area contributed by atoms with Gasteiger partial charge in [-0.25, -0.2) is 10.2 Å². The number of hydrazine groups is 1. The minimum Gasteiger partial charge on any atom is -0.460 e. The fraction of sp³-hybridized carbons (Fsp3) is 0.471. The average molecular weight is 334 g/mol. The number of rotatable bonds is 4. The molecule has 1 aromatic carbocycles. The number of carbonyl (C=O) groups is 3. The van der Waals surface area contributed by atoms with Gasteiger partial charge in [-0.2, -0.15) is 0 Å². The van der Waals surface area contributed by atoms with Crippen molar-refractivity contribution in [2.45, 2.75) is 39.4 Å². The van der Waals surface area contributed by atoms with Crippen molar-refractivity contribution in [3.05, 3.63) is 35.9 Å². The summed E-state index contributed by atoms with van der Waals surface area (Å²) < 4.78 is 10.3. The van der Waals surface area contributed by atoms with Crippen LogP contribution in [0, 0.1) is 5.92 Å². The van der Waals surface area contributed by atoms with Gasteiger partial charge in [-0.05, 0) is 32.8 Å². The van der Waals surface area contributed by atoms with Crippen LogP contribution in [0.25, 0.3) is 0 Å². The van der Waals surface area contributed by atoms with Gasteiger partial charge < -0.3 is 9.47 Å². The lowest BCUT2D eigenvalue weighted by Gasteiger charge is -2.23. The highest BCUT2D eigenvalue weighted by molar-refractivity contribution is 5.99. The maximum absolute atomic E-state index is 12.2. The van der Waals surface area contributed by atoms with E-state index in [0.29, 0.717) is 6.42 Å². The predicted octanol–water partition coefficient (Wildman–Crippen LogP) is 2.02. The van der Waals surface area contributed by atoms with Crippen molar-refractivity contribution < 1.29 is 23.9 Å². The van der Waals surface area contributed by atoms with Gasteiger partial charge in [0, 0.05) is 6.54 Å². The molecule has 2 amide bonds. The molecule has 1 atom stereocenters. The number of nitrogens with zero attached hydrogens (tertiary/aromatic N) is 1. The van der Waals surface area contributed by atoms with Gasteiger partial charge in [-0.15, -0.1) is 0 Å². The first-order valence-electron chi connectivity index (χ1n) is 7.78. The summed E-state index contributed by atoms with van der Waals surface area (Å²) in [5.41, 5.74) is 2.54. The summed E-state index contributed by atoms with van der Waals surface area (Å²) in [6.45, 7) is 5.53. The Hall–Kier alpha value is -2.57. The number of hydrogen-bond donors (Lipinski definition) is 1. The first-order valence-corrected chi connectivity index (χ1v) is 7.78. The van der Waals surface area contributed by atoms with Crippen molar-refractivity contribution in [3.63, 3.8) is 0 Å². The van der Waals surface area contributed by atoms with Crippen LogP contribution < -0.4 is 5.43 Å². The van der Waals surface area contributed by atoms with E-state index in [9.17, 15) is 14.4 Å². The van der Waals surface area contributed by atoms with E-state index in [2.05, 4.69) is 5.43 Å². The normalized spacial score (nSPS) is 17.5. The van der Waals surface area contributed by atoms with E-state index in [-0.39, 0.29) is 13.2 Å². The highest BCUT2D eigenvalue weighted by Gasteiger charge is 2.39. The molecule has 2 rings (SSSR count). The summed E-state index contributed by atoms with van der Waals surface area (Å²) in [6.07, 6.45) is -0.434. The quantitative estimate of drug-likeness (QED) is 0.672. The van der Waals surface area contributed by atoms with Gasteiger partial charge in [-0.3, -0.25) is 14.6 Å².